The van der Waals surface area contributed by atoms with Crippen LogP contribution in [0.3, 0.4) is 0 Å². The summed E-state index contributed by atoms with van der Waals surface area (Å²) in [5.74, 6) is -0.0108. The number of carbonyl (C=O) groups is 1. The minimum Gasteiger partial charge on any atom is -0.298 e. The minimum atomic E-state index is -1.24. The molecule has 16 heavy (non-hydrogen) atoms. The predicted molar refractivity (Wildman–Crippen MR) is 66.9 cm³/mol. The maximum absolute atomic E-state index is 12.1. The lowest BCUT2D eigenvalue weighted by atomic mass is 10.1. The highest BCUT2D eigenvalue weighted by Gasteiger charge is 2.23. The molecule has 2 atom stereocenters. The zero-order valence-electron chi connectivity index (χ0n) is 10.2. The van der Waals surface area contributed by atoms with Crippen molar-refractivity contribution in [1.82, 2.24) is 0 Å². The van der Waals surface area contributed by atoms with E-state index < -0.39 is 16.0 Å². The van der Waals surface area contributed by atoms with Crippen molar-refractivity contribution in [3.05, 3.63) is 29.8 Å². The van der Waals surface area contributed by atoms with Crippen molar-refractivity contribution in [1.29, 1.82) is 0 Å². The summed E-state index contributed by atoms with van der Waals surface area (Å²) in [6, 6.07) is 7.49. The monoisotopic (exact) mass is 238 g/mol. The Morgan fingerprint density at radius 3 is 2.06 bits per heavy atom. The van der Waals surface area contributed by atoms with E-state index in [0.29, 0.717) is 0 Å². The van der Waals surface area contributed by atoms with Crippen LogP contribution in [-0.2, 0) is 15.6 Å². The van der Waals surface area contributed by atoms with Crippen LogP contribution in [-0.4, -0.2) is 15.2 Å². The fraction of sp³-hybridized carbons (Fsp3) is 0.462. The van der Waals surface area contributed by atoms with Crippen molar-refractivity contribution in [2.45, 2.75) is 37.8 Å². The number of Topliss-reactive ketones (excluding diaryl/α,β-unsaturated/α-hetero) is 1. The number of hydrogen-bond acceptors (Lipinski definition) is 2. The topological polar surface area (TPSA) is 34.1 Å². The Labute approximate surface area is 99.5 Å². The summed E-state index contributed by atoms with van der Waals surface area (Å²) in [5.41, 5.74) is 1.13. The van der Waals surface area contributed by atoms with Crippen LogP contribution in [0.15, 0.2) is 29.2 Å². The third-order valence-electron chi connectivity index (χ3n) is 2.54. The number of ketones is 1. The predicted octanol–water partition coefficient (Wildman–Crippen LogP) is 2.72. The number of aryl methyl sites for hydroxylation is 1. The smallest absolute Gasteiger partial charge is 0.151 e. The fourth-order valence-corrected chi connectivity index (χ4v) is 2.75. The van der Waals surface area contributed by atoms with Crippen LogP contribution < -0.4 is 0 Å². The lowest BCUT2D eigenvalue weighted by molar-refractivity contribution is -0.121. The molecule has 0 saturated carbocycles. The lowest BCUT2D eigenvalue weighted by Gasteiger charge is -2.12. The number of hydrogen-bond donors (Lipinski definition) is 0. The Bertz CT molecular complexity index is 393. The van der Waals surface area contributed by atoms with Gasteiger partial charge in [0.1, 0.15) is 0 Å². The third kappa shape index (κ3) is 3.01. The second-order valence-electron chi connectivity index (χ2n) is 4.31. The van der Waals surface area contributed by atoms with Crippen LogP contribution in [0.4, 0.5) is 0 Å². The molecular weight excluding hydrogens is 220 g/mol. The molecule has 88 valence electrons. The normalized spacial score (nSPS) is 14.8. The molecule has 0 N–H and O–H groups in total. The van der Waals surface area contributed by atoms with Crippen LogP contribution in [0.2, 0.25) is 0 Å². The Hall–Kier alpha value is -0.960. The molecule has 0 aliphatic heterocycles. The van der Waals surface area contributed by atoms with Gasteiger partial charge < -0.3 is 0 Å². The van der Waals surface area contributed by atoms with Gasteiger partial charge in [0.25, 0.3) is 0 Å². The zero-order valence-corrected chi connectivity index (χ0v) is 11.0. The van der Waals surface area contributed by atoms with Gasteiger partial charge in [0.2, 0.25) is 0 Å². The SMILES string of the molecule is Cc1ccc(S(=O)[C@@H](C)C(=O)C(C)C)cc1. The summed E-state index contributed by atoms with van der Waals surface area (Å²) < 4.78 is 12.1. The highest BCUT2D eigenvalue weighted by Crippen LogP contribution is 2.15. The van der Waals surface area contributed by atoms with E-state index in [-0.39, 0.29) is 11.7 Å². The largest absolute Gasteiger partial charge is 0.298 e. The van der Waals surface area contributed by atoms with Gasteiger partial charge in [-0.2, -0.15) is 0 Å². The van der Waals surface area contributed by atoms with Gasteiger partial charge in [-0.15, -0.1) is 0 Å². The van der Waals surface area contributed by atoms with Gasteiger partial charge in [0.15, 0.2) is 5.78 Å². The summed E-state index contributed by atoms with van der Waals surface area (Å²) in [4.78, 5) is 12.5. The Kier molecular flexibility index (Phi) is 4.42. The summed E-state index contributed by atoms with van der Waals surface area (Å²) in [7, 11) is -1.24. The molecular formula is C13H18O2S. The molecule has 0 heterocycles. The molecule has 0 radical (unpaired) electrons. The molecule has 0 saturated heterocycles. The van der Waals surface area contributed by atoms with Gasteiger partial charge in [-0.05, 0) is 26.0 Å². The van der Waals surface area contributed by atoms with Crippen LogP contribution in [0.25, 0.3) is 0 Å². The van der Waals surface area contributed by atoms with E-state index in [1.165, 1.54) is 0 Å². The molecule has 1 aromatic rings. The van der Waals surface area contributed by atoms with E-state index in [1.54, 1.807) is 6.92 Å². The first-order valence-electron chi connectivity index (χ1n) is 5.44. The molecule has 0 aliphatic rings. The van der Waals surface area contributed by atoms with Crippen molar-refractivity contribution in [3.63, 3.8) is 0 Å². The lowest BCUT2D eigenvalue weighted by Crippen LogP contribution is -2.26. The van der Waals surface area contributed by atoms with E-state index >= 15 is 0 Å². The molecule has 0 aliphatic carbocycles. The summed E-state index contributed by atoms with van der Waals surface area (Å²) >= 11 is 0. The summed E-state index contributed by atoms with van der Waals surface area (Å²) in [6.45, 7) is 7.39. The first-order chi connectivity index (χ1) is 7.43. The van der Waals surface area contributed by atoms with Gasteiger partial charge in [-0.1, -0.05) is 31.5 Å². The summed E-state index contributed by atoms with van der Waals surface area (Å²) in [6.07, 6.45) is 0. The number of benzene rings is 1. The molecule has 0 aromatic heterocycles. The summed E-state index contributed by atoms with van der Waals surface area (Å²) in [5, 5.41) is -0.428. The first kappa shape index (κ1) is 13.1. The second kappa shape index (κ2) is 5.39. The van der Waals surface area contributed by atoms with E-state index in [2.05, 4.69) is 0 Å². The zero-order chi connectivity index (χ0) is 12.3. The van der Waals surface area contributed by atoms with Crippen molar-refractivity contribution < 1.29 is 9.00 Å². The molecule has 1 rings (SSSR count). The molecule has 2 nitrogen and oxygen atoms in total. The minimum absolute atomic E-state index is 0.0545. The standard InChI is InChI=1S/C13H18O2S/c1-9(2)13(14)11(4)16(15)12-7-5-10(3)6-8-12/h5-9,11H,1-4H3/t11-,16?/m0/s1. The average molecular weight is 238 g/mol. The van der Waals surface area contributed by atoms with Crippen molar-refractivity contribution >= 4 is 16.6 Å². The Balaban J connectivity index is 2.86. The van der Waals surface area contributed by atoms with Crippen LogP contribution >= 0.6 is 0 Å². The van der Waals surface area contributed by atoms with Crippen molar-refractivity contribution in [3.8, 4) is 0 Å². The fourth-order valence-electron chi connectivity index (χ4n) is 1.45. The molecule has 0 bridgehead atoms. The maximum atomic E-state index is 12.1. The van der Waals surface area contributed by atoms with Gasteiger partial charge in [0.05, 0.1) is 16.0 Å². The van der Waals surface area contributed by atoms with Crippen LogP contribution in [0.1, 0.15) is 26.3 Å². The average Bonchev–Trinajstić information content (AvgIpc) is 2.27. The van der Waals surface area contributed by atoms with E-state index in [1.807, 2.05) is 45.0 Å². The molecule has 0 fully saturated rings. The quantitative estimate of drug-likeness (QED) is 0.808. The van der Waals surface area contributed by atoms with Gasteiger partial charge in [-0.3, -0.25) is 9.00 Å². The van der Waals surface area contributed by atoms with E-state index in [0.717, 1.165) is 10.5 Å². The van der Waals surface area contributed by atoms with E-state index in [9.17, 15) is 9.00 Å². The molecule has 1 unspecified atom stereocenters. The third-order valence-corrected chi connectivity index (χ3v) is 4.16. The Morgan fingerprint density at radius 1 is 1.12 bits per heavy atom. The van der Waals surface area contributed by atoms with E-state index in [4.69, 9.17) is 0 Å². The first-order valence-corrected chi connectivity index (χ1v) is 6.65. The van der Waals surface area contributed by atoms with Crippen molar-refractivity contribution in [2.24, 2.45) is 5.92 Å². The second-order valence-corrected chi connectivity index (χ2v) is 6.08. The number of rotatable bonds is 4. The molecule has 3 heteroatoms. The highest BCUT2D eigenvalue weighted by atomic mass is 32.2. The molecule has 0 spiro atoms. The maximum Gasteiger partial charge on any atom is 0.151 e. The number of carbonyl (C=O) groups excluding carboxylic acids is 1. The van der Waals surface area contributed by atoms with Gasteiger partial charge >= 0.3 is 0 Å². The Morgan fingerprint density at radius 2 is 1.62 bits per heavy atom. The van der Waals surface area contributed by atoms with Gasteiger partial charge in [-0.25, -0.2) is 0 Å². The van der Waals surface area contributed by atoms with Crippen molar-refractivity contribution in [2.75, 3.05) is 0 Å². The van der Waals surface area contributed by atoms with Gasteiger partial charge in [0, 0.05) is 10.8 Å². The highest BCUT2D eigenvalue weighted by molar-refractivity contribution is 7.86. The van der Waals surface area contributed by atoms with Crippen LogP contribution in [0, 0.1) is 12.8 Å². The molecule has 1 aromatic carbocycles. The van der Waals surface area contributed by atoms with Crippen LogP contribution in [0.5, 0.6) is 0 Å². The molecule has 0 amide bonds.